The van der Waals surface area contributed by atoms with Crippen LogP contribution in [0.3, 0.4) is 0 Å². The lowest BCUT2D eigenvalue weighted by Gasteiger charge is -2.27. The highest BCUT2D eigenvalue weighted by molar-refractivity contribution is 5.79. The Kier molecular flexibility index (Phi) is 7.53. The first kappa shape index (κ1) is 19.5. The van der Waals surface area contributed by atoms with Gasteiger partial charge in [0.15, 0.2) is 11.9 Å². The van der Waals surface area contributed by atoms with Gasteiger partial charge >= 0.3 is 0 Å². The molecule has 124 valence electrons. The minimum atomic E-state index is 0.0224. The number of nitrogens with zero attached hydrogens (tertiary/aromatic N) is 6. The molecular weight excluding hydrogens is 264 g/mol. The highest BCUT2D eigenvalue weighted by atomic mass is 15.3. The molecule has 0 N–H and O–H groups in total. The van der Waals surface area contributed by atoms with Crippen LogP contribution in [0.15, 0.2) is 9.98 Å². The van der Waals surface area contributed by atoms with Crippen LogP contribution in [0, 0.1) is 5.41 Å². The molecule has 0 rings (SSSR count). The van der Waals surface area contributed by atoms with E-state index in [0.717, 1.165) is 25.0 Å². The fraction of sp³-hybridized carbons (Fsp3) is 0.867. The molecule has 0 spiro atoms. The lowest BCUT2D eigenvalue weighted by molar-refractivity contribution is 0.377. The molecule has 21 heavy (non-hydrogen) atoms. The van der Waals surface area contributed by atoms with Crippen molar-refractivity contribution in [2.45, 2.75) is 13.8 Å². The summed E-state index contributed by atoms with van der Waals surface area (Å²) in [5, 5.41) is 0. The van der Waals surface area contributed by atoms with Gasteiger partial charge < -0.3 is 19.6 Å². The van der Waals surface area contributed by atoms with Gasteiger partial charge in [-0.2, -0.15) is 0 Å². The second-order valence-electron chi connectivity index (χ2n) is 6.97. The van der Waals surface area contributed by atoms with E-state index in [1.54, 1.807) is 0 Å². The first-order valence-corrected chi connectivity index (χ1v) is 7.26. The Bertz CT molecular complexity index is 312. The van der Waals surface area contributed by atoms with Crippen LogP contribution in [-0.4, -0.2) is 101 Å². The highest BCUT2D eigenvalue weighted by Gasteiger charge is 2.19. The molecule has 0 unspecified atom stereocenters. The van der Waals surface area contributed by atoms with Gasteiger partial charge in [0.05, 0.1) is 0 Å². The Labute approximate surface area is 131 Å². The van der Waals surface area contributed by atoms with Gasteiger partial charge in [0.1, 0.15) is 0 Å². The Morgan fingerprint density at radius 2 is 0.857 bits per heavy atom. The predicted molar refractivity (Wildman–Crippen MR) is 93.1 cm³/mol. The van der Waals surface area contributed by atoms with Crippen molar-refractivity contribution in [3.05, 3.63) is 0 Å². The molecule has 0 atom stereocenters. The zero-order valence-electron chi connectivity index (χ0n) is 15.6. The van der Waals surface area contributed by atoms with Crippen LogP contribution in [0.4, 0.5) is 0 Å². The predicted octanol–water partition coefficient (Wildman–Crippen LogP) is 0.971. The first-order valence-electron chi connectivity index (χ1n) is 7.26. The molecule has 0 bridgehead atoms. The van der Waals surface area contributed by atoms with Gasteiger partial charge in [0.2, 0.25) is 0 Å². The number of rotatable bonds is 4. The summed E-state index contributed by atoms with van der Waals surface area (Å²) in [4.78, 5) is 17.6. The topological polar surface area (TPSA) is 37.7 Å². The minimum Gasteiger partial charge on any atom is -0.349 e. The Balaban J connectivity index is 4.91. The molecule has 6 nitrogen and oxygen atoms in total. The fourth-order valence-electron chi connectivity index (χ4n) is 1.99. The molecule has 0 aliphatic rings. The van der Waals surface area contributed by atoms with Crippen LogP contribution >= 0.6 is 0 Å². The molecular formula is C15H34N6. The summed E-state index contributed by atoms with van der Waals surface area (Å²) in [7, 11) is 16.1. The SMILES string of the molecule is CN(C)C(=NCC(C)(C)CN=C(N(C)C)N(C)C)N(C)C. The molecule has 0 heterocycles. The lowest BCUT2D eigenvalue weighted by Crippen LogP contribution is -2.38. The molecule has 0 aromatic rings. The standard InChI is InChI=1S/C15H34N6/c1-15(2,11-16-13(18(3)4)19(5)6)12-17-14(20(7)8)21(9)10/h11-12H2,1-10H3. The smallest absolute Gasteiger partial charge is 0.195 e. The van der Waals surface area contributed by atoms with Crippen LogP contribution in [0.1, 0.15) is 13.8 Å². The first-order chi connectivity index (χ1) is 9.48. The van der Waals surface area contributed by atoms with Crippen molar-refractivity contribution >= 4 is 11.9 Å². The van der Waals surface area contributed by atoms with E-state index in [0.29, 0.717) is 0 Å². The summed E-state index contributed by atoms with van der Waals surface area (Å²) >= 11 is 0. The number of guanidine groups is 2. The molecule has 0 aromatic carbocycles. The third-order valence-electron chi connectivity index (χ3n) is 2.90. The van der Waals surface area contributed by atoms with E-state index in [1.165, 1.54) is 0 Å². The molecule has 0 amide bonds. The normalized spacial score (nSPS) is 10.8. The van der Waals surface area contributed by atoms with Crippen molar-refractivity contribution in [2.75, 3.05) is 69.5 Å². The molecule has 0 fully saturated rings. The van der Waals surface area contributed by atoms with Crippen LogP contribution in [0.25, 0.3) is 0 Å². The van der Waals surface area contributed by atoms with Crippen molar-refractivity contribution in [2.24, 2.45) is 15.4 Å². The number of hydrogen-bond acceptors (Lipinski definition) is 2. The van der Waals surface area contributed by atoms with Crippen LogP contribution in [-0.2, 0) is 0 Å². The third-order valence-corrected chi connectivity index (χ3v) is 2.90. The summed E-state index contributed by atoms with van der Waals surface area (Å²) in [6, 6.07) is 0. The van der Waals surface area contributed by atoms with Crippen LogP contribution in [0.5, 0.6) is 0 Å². The zero-order valence-corrected chi connectivity index (χ0v) is 15.6. The Morgan fingerprint density at radius 1 is 0.619 bits per heavy atom. The zero-order chi connectivity index (χ0) is 16.8. The average molecular weight is 298 g/mol. The summed E-state index contributed by atoms with van der Waals surface area (Å²) in [5.41, 5.74) is 0.0224. The maximum Gasteiger partial charge on any atom is 0.195 e. The van der Waals surface area contributed by atoms with Crippen molar-refractivity contribution in [3.8, 4) is 0 Å². The second kappa shape index (κ2) is 8.10. The molecule has 0 aliphatic heterocycles. The fourth-order valence-corrected chi connectivity index (χ4v) is 1.99. The van der Waals surface area contributed by atoms with Crippen molar-refractivity contribution in [1.29, 1.82) is 0 Å². The van der Waals surface area contributed by atoms with Crippen molar-refractivity contribution in [3.63, 3.8) is 0 Å². The van der Waals surface area contributed by atoms with Gasteiger partial charge in [-0.05, 0) is 0 Å². The quantitative estimate of drug-likeness (QED) is 0.573. The summed E-state index contributed by atoms with van der Waals surface area (Å²) < 4.78 is 0. The van der Waals surface area contributed by atoms with Gasteiger partial charge in [-0.3, -0.25) is 9.98 Å². The Morgan fingerprint density at radius 3 is 1.05 bits per heavy atom. The van der Waals surface area contributed by atoms with E-state index in [-0.39, 0.29) is 5.41 Å². The number of aliphatic imine (C=N–C) groups is 2. The van der Waals surface area contributed by atoms with Gasteiger partial charge in [-0.25, -0.2) is 0 Å². The lowest BCUT2D eigenvalue weighted by atomic mass is 9.94. The second-order valence-corrected chi connectivity index (χ2v) is 6.97. The third kappa shape index (κ3) is 7.20. The monoisotopic (exact) mass is 298 g/mol. The van der Waals surface area contributed by atoms with E-state index >= 15 is 0 Å². The van der Waals surface area contributed by atoms with E-state index in [1.807, 2.05) is 76.0 Å². The van der Waals surface area contributed by atoms with Crippen LogP contribution < -0.4 is 0 Å². The van der Waals surface area contributed by atoms with Crippen molar-refractivity contribution in [1.82, 2.24) is 19.6 Å². The van der Waals surface area contributed by atoms with E-state index in [9.17, 15) is 0 Å². The molecule has 0 radical (unpaired) electrons. The Hall–Kier alpha value is -1.46. The molecule has 0 aromatic heterocycles. The number of hydrogen-bond donors (Lipinski definition) is 0. The maximum absolute atomic E-state index is 4.73. The summed E-state index contributed by atoms with van der Waals surface area (Å²) in [6.07, 6.45) is 0. The van der Waals surface area contributed by atoms with Gasteiger partial charge in [0, 0.05) is 74.9 Å². The maximum atomic E-state index is 4.73. The van der Waals surface area contributed by atoms with Crippen LogP contribution in [0.2, 0.25) is 0 Å². The van der Waals surface area contributed by atoms with E-state index < -0.39 is 0 Å². The largest absolute Gasteiger partial charge is 0.349 e. The summed E-state index contributed by atoms with van der Waals surface area (Å²) in [6.45, 7) is 5.89. The average Bonchev–Trinajstić information content (AvgIpc) is 2.26. The minimum absolute atomic E-state index is 0.0224. The van der Waals surface area contributed by atoms with E-state index in [2.05, 4.69) is 13.8 Å². The van der Waals surface area contributed by atoms with Gasteiger partial charge in [-0.1, -0.05) is 13.8 Å². The van der Waals surface area contributed by atoms with Gasteiger partial charge in [-0.15, -0.1) is 0 Å². The highest BCUT2D eigenvalue weighted by Crippen LogP contribution is 2.16. The van der Waals surface area contributed by atoms with Gasteiger partial charge in [0.25, 0.3) is 0 Å². The molecule has 6 heteroatoms. The summed E-state index contributed by atoms with van der Waals surface area (Å²) in [5.74, 6) is 1.96. The molecule has 0 aliphatic carbocycles. The molecule has 0 saturated heterocycles. The van der Waals surface area contributed by atoms with Crippen molar-refractivity contribution < 1.29 is 0 Å². The molecule has 0 saturated carbocycles. The van der Waals surface area contributed by atoms with E-state index in [4.69, 9.17) is 9.98 Å².